The lowest BCUT2D eigenvalue weighted by Crippen LogP contribution is -2.07. The van der Waals surface area contributed by atoms with Crippen molar-refractivity contribution in [3.8, 4) is 11.5 Å². The van der Waals surface area contributed by atoms with E-state index >= 15 is 0 Å². The van der Waals surface area contributed by atoms with E-state index in [4.69, 9.17) is 31.2 Å². The molecule has 0 aliphatic carbocycles. The summed E-state index contributed by atoms with van der Waals surface area (Å²) in [5, 5.41) is 17.2. The third kappa shape index (κ3) is 3.18. The zero-order valence-corrected chi connectivity index (χ0v) is 8.85. The van der Waals surface area contributed by atoms with Crippen molar-refractivity contribution >= 4 is 11.4 Å². The van der Waals surface area contributed by atoms with Crippen LogP contribution in [0.4, 0.5) is 11.4 Å². The number of hydrogen-bond donors (Lipinski definition) is 4. The molecule has 6 heteroatoms. The zero-order chi connectivity index (χ0) is 12.0. The smallest absolute Gasteiger partial charge is 0.144 e. The lowest BCUT2D eigenvalue weighted by atomic mass is 10.2. The number of aliphatic hydroxyl groups excluding tert-OH is 2. The minimum atomic E-state index is -0.0951. The highest BCUT2D eigenvalue weighted by Crippen LogP contribution is 2.32. The second kappa shape index (κ2) is 6.04. The number of hydrogen-bond acceptors (Lipinski definition) is 6. The Morgan fingerprint density at radius 1 is 0.875 bits per heavy atom. The molecular weight excluding hydrogens is 212 g/mol. The molecule has 6 N–H and O–H groups in total. The molecule has 0 aliphatic heterocycles. The fourth-order valence-electron chi connectivity index (χ4n) is 1.15. The molecule has 0 spiro atoms. The van der Waals surface area contributed by atoms with E-state index in [0.29, 0.717) is 22.9 Å². The Balaban J connectivity index is 2.79. The molecule has 0 fully saturated rings. The number of anilines is 2. The number of nitrogens with two attached hydrogens (primary N) is 2. The van der Waals surface area contributed by atoms with Gasteiger partial charge in [-0.2, -0.15) is 0 Å². The summed E-state index contributed by atoms with van der Waals surface area (Å²) >= 11 is 0. The van der Waals surface area contributed by atoms with Crippen LogP contribution in [0.2, 0.25) is 0 Å². The molecule has 0 aliphatic rings. The van der Waals surface area contributed by atoms with Crippen LogP contribution in [0.5, 0.6) is 11.5 Å². The lowest BCUT2D eigenvalue weighted by molar-refractivity contribution is 0.199. The Labute approximate surface area is 93.4 Å². The molecule has 1 rings (SSSR count). The minimum absolute atomic E-state index is 0.0951. The summed E-state index contributed by atoms with van der Waals surface area (Å²) in [6.07, 6.45) is 0. The Morgan fingerprint density at radius 3 is 1.56 bits per heavy atom. The molecule has 6 nitrogen and oxygen atoms in total. The largest absolute Gasteiger partial charge is 0.489 e. The third-order valence-corrected chi connectivity index (χ3v) is 1.84. The van der Waals surface area contributed by atoms with Gasteiger partial charge in [0.2, 0.25) is 0 Å². The molecule has 0 saturated carbocycles. The third-order valence-electron chi connectivity index (χ3n) is 1.84. The van der Waals surface area contributed by atoms with E-state index in [2.05, 4.69) is 0 Å². The lowest BCUT2D eigenvalue weighted by Gasteiger charge is -2.12. The molecule has 0 radical (unpaired) electrons. The Bertz CT molecular complexity index is 310. The van der Waals surface area contributed by atoms with Crippen LogP contribution < -0.4 is 20.9 Å². The van der Waals surface area contributed by atoms with Crippen LogP contribution in [0.15, 0.2) is 12.1 Å². The molecule has 0 bridgehead atoms. The molecule has 0 atom stereocenters. The number of ether oxygens (including phenoxy) is 2. The van der Waals surface area contributed by atoms with Gasteiger partial charge in [0.05, 0.1) is 24.6 Å². The second-order valence-corrected chi connectivity index (χ2v) is 3.07. The first-order valence-electron chi connectivity index (χ1n) is 4.85. The van der Waals surface area contributed by atoms with E-state index in [9.17, 15) is 0 Å². The first-order valence-corrected chi connectivity index (χ1v) is 4.85. The van der Waals surface area contributed by atoms with Gasteiger partial charge < -0.3 is 31.2 Å². The maximum Gasteiger partial charge on any atom is 0.144 e. The van der Waals surface area contributed by atoms with Gasteiger partial charge in [-0.05, 0) is 0 Å². The summed E-state index contributed by atoms with van der Waals surface area (Å²) in [5.41, 5.74) is 12.1. The van der Waals surface area contributed by atoms with Crippen LogP contribution in [0, 0.1) is 0 Å². The summed E-state index contributed by atoms with van der Waals surface area (Å²) in [6, 6.07) is 3.05. The molecular formula is C10H16N2O4. The van der Waals surface area contributed by atoms with Crippen molar-refractivity contribution in [1.82, 2.24) is 0 Å². The van der Waals surface area contributed by atoms with E-state index in [1.807, 2.05) is 0 Å². The van der Waals surface area contributed by atoms with Crippen molar-refractivity contribution in [2.75, 3.05) is 37.9 Å². The molecule has 16 heavy (non-hydrogen) atoms. The van der Waals surface area contributed by atoms with Crippen LogP contribution in [0.25, 0.3) is 0 Å². The highest BCUT2D eigenvalue weighted by Gasteiger charge is 2.07. The fraction of sp³-hybridized carbons (Fsp3) is 0.400. The van der Waals surface area contributed by atoms with Crippen LogP contribution in [-0.4, -0.2) is 36.6 Å². The summed E-state index contributed by atoms with van der Waals surface area (Å²) in [7, 11) is 0. The average Bonchev–Trinajstić information content (AvgIpc) is 2.28. The number of benzene rings is 1. The summed E-state index contributed by atoms with van der Waals surface area (Å²) in [6.45, 7) is 0.116. The Kier molecular flexibility index (Phi) is 4.68. The normalized spacial score (nSPS) is 10.1. The van der Waals surface area contributed by atoms with Gasteiger partial charge in [0, 0.05) is 12.1 Å². The SMILES string of the molecule is Nc1cc(OCCO)c(N)cc1OCCO. The molecule has 1 aromatic carbocycles. The van der Waals surface area contributed by atoms with Gasteiger partial charge in [-0.1, -0.05) is 0 Å². The van der Waals surface area contributed by atoms with E-state index in [1.165, 1.54) is 12.1 Å². The predicted octanol–water partition coefficient (Wildman–Crippen LogP) is -0.407. The van der Waals surface area contributed by atoms with E-state index < -0.39 is 0 Å². The monoisotopic (exact) mass is 228 g/mol. The fourth-order valence-corrected chi connectivity index (χ4v) is 1.15. The van der Waals surface area contributed by atoms with Crippen LogP contribution in [0.3, 0.4) is 0 Å². The highest BCUT2D eigenvalue weighted by molar-refractivity contribution is 5.67. The van der Waals surface area contributed by atoms with Crippen molar-refractivity contribution in [3.05, 3.63) is 12.1 Å². The highest BCUT2D eigenvalue weighted by atomic mass is 16.5. The average molecular weight is 228 g/mol. The molecule has 1 aromatic rings. The van der Waals surface area contributed by atoms with Gasteiger partial charge in [-0.25, -0.2) is 0 Å². The molecule has 90 valence electrons. The van der Waals surface area contributed by atoms with E-state index in [1.54, 1.807) is 0 Å². The van der Waals surface area contributed by atoms with Crippen LogP contribution >= 0.6 is 0 Å². The predicted molar refractivity (Wildman–Crippen MR) is 60.4 cm³/mol. The maximum absolute atomic E-state index is 8.61. The van der Waals surface area contributed by atoms with Gasteiger partial charge in [-0.3, -0.25) is 0 Å². The van der Waals surface area contributed by atoms with Gasteiger partial charge in [0.15, 0.2) is 0 Å². The first kappa shape index (κ1) is 12.4. The van der Waals surface area contributed by atoms with Crippen molar-refractivity contribution in [3.63, 3.8) is 0 Å². The van der Waals surface area contributed by atoms with Crippen molar-refractivity contribution in [1.29, 1.82) is 0 Å². The number of nitrogen functional groups attached to an aromatic ring is 2. The zero-order valence-electron chi connectivity index (χ0n) is 8.85. The van der Waals surface area contributed by atoms with Crippen molar-refractivity contribution in [2.45, 2.75) is 0 Å². The summed E-state index contributed by atoms with van der Waals surface area (Å²) in [5.74, 6) is 0.811. The topological polar surface area (TPSA) is 111 Å². The van der Waals surface area contributed by atoms with Gasteiger partial charge in [0.25, 0.3) is 0 Å². The van der Waals surface area contributed by atoms with Gasteiger partial charge in [-0.15, -0.1) is 0 Å². The van der Waals surface area contributed by atoms with Crippen molar-refractivity contribution < 1.29 is 19.7 Å². The summed E-state index contributed by atoms with van der Waals surface area (Å²) in [4.78, 5) is 0. The molecule has 0 saturated heterocycles. The molecule has 0 unspecified atom stereocenters. The van der Waals surface area contributed by atoms with E-state index in [-0.39, 0.29) is 26.4 Å². The quantitative estimate of drug-likeness (QED) is 0.493. The summed E-state index contributed by atoms with van der Waals surface area (Å²) < 4.78 is 10.3. The Hall–Kier alpha value is -1.66. The maximum atomic E-state index is 8.61. The van der Waals surface area contributed by atoms with Crippen LogP contribution in [-0.2, 0) is 0 Å². The molecule has 0 amide bonds. The molecule has 0 heterocycles. The Morgan fingerprint density at radius 2 is 1.25 bits per heavy atom. The van der Waals surface area contributed by atoms with Gasteiger partial charge in [0.1, 0.15) is 24.7 Å². The van der Waals surface area contributed by atoms with Crippen LogP contribution in [0.1, 0.15) is 0 Å². The number of rotatable bonds is 6. The van der Waals surface area contributed by atoms with Gasteiger partial charge >= 0.3 is 0 Å². The second-order valence-electron chi connectivity index (χ2n) is 3.07. The first-order chi connectivity index (χ1) is 7.69. The standard InChI is InChI=1S/C10H16N2O4/c11-7-6-10(16-4-2-14)8(12)5-9(7)15-3-1-13/h5-6,13-14H,1-4,11-12H2. The van der Waals surface area contributed by atoms with Crippen molar-refractivity contribution in [2.24, 2.45) is 0 Å². The minimum Gasteiger partial charge on any atom is -0.489 e. The van der Waals surface area contributed by atoms with E-state index in [0.717, 1.165) is 0 Å². The number of aliphatic hydroxyl groups is 2. The molecule has 0 aromatic heterocycles.